The van der Waals surface area contributed by atoms with E-state index in [0.29, 0.717) is 6.54 Å². The topological polar surface area (TPSA) is 41.6 Å². The lowest BCUT2D eigenvalue weighted by Crippen LogP contribution is -2.35. The number of ether oxygens (including phenoxy) is 1. The van der Waals surface area contributed by atoms with E-state index in [1.807, 2.05) is 24.3 Å². The zero-order chi connectivity index (χ0) is 18.5. The molecule has 1 aliphatic rings. The van der Waals surface area contributed by atoms with Crippen molar-refractivity contribution in [2.45, 2.75) is 6.42 Å². The summed E-state index contributed by atoms with van der Waals surface area (Å²) < 4.78 is 5.49. The predicted molar refractivity (Wildman–Crippen MR) is 113 cm³/mol. The molecule has 3 heterocycles. The summed E-state index contributed by atoms with van der Waals surface area (Å²) in [5.41, 5.74) is 3.54. The van der Waals surface area contributed by atoms with E-state index in [-0.39, 0.29) is 5.91 Å². The van der Waals surface area contributed by atoms with Gasteiger partial charge in [-0.15, -0.1) is 11.3 Å². The zero-order valence-corrected chi connectivity index (χ0v) is 16.7. The van der Waals surface area contributed by atoms with Gasteiger partial charge in [-0.05, 0) is 40.4 Å². The first-order chi connectivity index (χ1) is 13.3. The Kier molecular flexibility index (Phi) is 5.87. The Morgan fingerprint density at radius 2 is 1.96 bits per heavy atom. The predicted octanol–water partition coefficient (Wildman–Crippen LogP) is 4.29. The molecule has 2 aromatic heterocycles. The molecule has 0 saturated carbocycles. The van der Waals surface area contributed by atoms with E-state index in [2.05, 4.69) is 39.2 Å². The lowest BCUT2D eigenvalue weighted by molar-refractivity contribution is 0.0958. The Hall–Kier alpha value is -2.15. The molecule has 27 heavy (non-hydrogen) atoms. The van der Waals surface area contributed by atoms with Crippen LogP contribution in [-0.4, -0.2) is 38.8 Å². The summed E-state index contributed by atoms with van der Waals surface area (Å²) in [6.45, 7) is 3.84. The second-order valence-corrected chi connectivity index (χ2v) is 8.24. The fourth-order valence-electron chi connectivity index (χ4n) is 3.16. The Bertz CT molecular complexity index is 869. The van der Waals surface area contributed by atoms with Gasteiger partial charge in [0.25, 0.3) is 5.91 Å². The summed E-state index contributed by atoms with van der Waals surface area (Å²) in [6, 6.07) is 14.4. The quantitative estimate of drug-likeness (QED) is 0.674. The van der Waals surface area contributed by atoms with Crippen LogP contribution in [0.3, 0.4) is 0 Å². The Morgan fingerprint density at radius 3 is 2.70 bits per heavy atom. The van der Waals surface area contributed by atoms with Crippen LogP contribution < -0.4 is 10.2 Å². The van der Waals surface area contributed by atoms with Gasteiger partial charge in [-0.1, -0.05) is 30.3 Å². The molecular weight excluding hydrogens is 376 g/mol. The lowest BCUT2D eigenvalue weighted by Gasteiger charge is -2.28. The number of carbonyl (C=O) groups is 1. The average Bonchev–Trinajstić information content (AvgIpc) is 3.39. The van der Waals surface area contributed by atoms with Gasteiger partial charge in [0.05, 0.1) is 23.1 Å². The van der Waals surface area contributed by atoms with E-state index in [0.717, 1.165) is 53.7 Å². The van der Waals surface area contributed by atoms with E-state index in [9.17, 15) is 4.79 Å². The van der Waals surface area contributed by atoms with Gasteiger partial charge in [-0.2, -0.15) is 11.3 Å². The highest BCUT2D eigenvalue weighted by Crippen LogP contribution is 2.39. The Labute approximate surface area is 167 Å². The molecule has 0 unspecified atom stereocenters. The normalized spacial score (nSPS) is 14.3. The minimum absolute atomic E-state index is 0.00641. The standard InChI is InChI=1S/C21H22N2O2S2/c24-20(22-8-6-16-7-13-26-15-16)19-14-18(17-4-2-1-3-5-17)21(27-19)23-9-11-25-12-10-23/h1-5,7,13-15H,6,8-12H2,(H,22,24). The molecule has 1 amide bonds. The summed E-state index contributed by atoms with van der Waals surface area (Å²) in [6.07, 6.45) is 0.864. The maximum atomic E-state index is 12.7. The summed E-state index contributed by atoms with van der Waals surface area (Å²) in [5.74, 6) is 0.00641. The molecule has 0 radical (unpaired) electrons. The molecule has 4 rings (SSSR count). The van der Waals surface area contributed by atoms with Crippen molar-refractivity contribution < 1.29 is 9.53 Å². The molecule has 0 bridgehead atoms. The fourth-order valence-corrected chi connectivity index (χ4v) is 5.01. The van der Waals surface area contributed by atoms with Crippen LogP contribution in [0.5, 0.6) is 0 Å². The number of benzene rings is 1. The maximum absolute atomic E-state index is 12.7. The van der Waals surface area contributed by atoms with E-state index in [1.54, 1.807) is 22.7 Å². The molecule has 0 atom stereocenters. The van der Waals surface area contributed by atoms with Crippen molar-refractivity contribution in [2.75, 3.05) is 37.7 Å². The number of amides is 1. The second kappa shape index (κ2) is 8.69. The van der Waals surface area contributed by atoms with Gasteiger partial charge < -0.3 is 15.0 Å². The minimum Gasteiger partial charge on any atom is -0.378 e. The monoisotopic (exact) mass is 398 g/mol. The van der Waals surface area contributed by atoms with Crippen LogP contribution in [0.4, 0.5) is 5.00 Å². The summed E-state index contributed by atoms with van der Waals surface area (Å²) in [5, 5.41) is 8.42. The van der Waals surface area contributed by atoms with Crippen molar-refractivity contribution in [3.8, 4) is 11.1 Å². The molecule has 1 saturated heterocycles. The summed E-state index contributed by atoms with van der Waals surface area (Å²) in [7, 11) is 0. The molecule has 4 nitrogen and oxygen atoms in total. The smallest absolute Gasteiger partial charge is 0.261 e. The largest absolute Gasteiger partial charge is 0.378 e. The first-order valence-electron chi connectivity index (χ1n) is 9.12. The first-order valence-corrected chi connectivity index (χ1v) is 10.9. The van der Waals surface area contributed by atoms with Crippen molar-refractivity contribution in [1.82, 2.24) is 5.32 Å². The highest BCUT2D eigenvalue weighted by molar-refractivity contribution is 7.18. The number of nitrogens with zero attached hydrogens (tertiary/aromatic N) is 1. The number of hydrogen-bond donors (Lipinski definition) is 1. The Morgan fingerprint density at radius 1 is 1.15 bits per heavy atom. The minimum atomic E-state index is 0.00641. The highest BCUT2D eigenvalue weighted by Gasteiger charge is 2.21. The van der Waals surface area contributed by atoms with Gasteiger partial charge in [0, 0.05) is 25.2 Å². The molecule has 140 valence electrons. The first kappa shape index (κ1) is 18.2. The molecule has 3 aromatic rings. The Balaban J connectivity index is 1.53. The molecule has 6 heteroatoms. The van der Waals surface area contributed by atoms with Crippen molar-refractivity contribution in [1.29, 1.82) is 0 Å². The third-order valence-electron chi connectivity index (χ3n) is 4.60. The van der Waals surface area contributed by atoms with Gasteiger partial charge in [0.15, 0.2) is 0 Å². The third kappa shape index (κ3) is 4.40. The SMILES string of the molecule is O=C(NCCc1ccsc1)c1cc(-c2ccccc2)c(N2CCOCC2)s1. The van der Waals surface area contributed by atoms with Gasteiger partial charge in [-0.25, -0.2) is 0 Å². The van der Waals surface area contributed by atoms with Crippen LogP contribution in [0, 0.1) is 0 Å². The molecule has 0 aliphatic carbocycles. The molecule has 0 spiro atoms. The van der Waals surface area contributed by atoms with Gasteiger partial charge >= 0.3 is 0 Å². The molecule has 1 fully saturated rings. The summed E-state index contributed by atoms with van der Waals surface area (Å²) >= 11 is 3.26. The molecule has 1 aromatic carbocycles. The number of thiophene rings is 2. The fraction of sp³-hybridized carbons (Fsp3) is 0.286. The highest BCUT2D eigenvalue weighted by atomic mass is 32.1. The zero-order valence-electron chi connectivity index (χ0n) is 15.0. The van der Waals surface area contributed by atoms with Crippen LogP contribution in [0.25, 0.3) is 11.1 Å². The molecular formula is C21H22N2O2S2. The molecule has 1 aliphatic heterocycles. The van der Waals surface area contributed by atoms with E-state index < -0.39 is 0 Å². The van der Waals surface area contributed by atoms with Crippen LogP contribution in [0.1, 0.15) is 15.2 Å². The number of rotatable bonds is 6. The van der Waals surface area contributed by atoms with Gasteiger partial charge in [-0.3, -0.25) is 4.79 Å². The van der Waals surface area contributed by atoms with E-state index in [1.165, 1.54) is 5.56 Å². The van der Waals surface area contributed by atoms with Crippen LogP contribution in [0.2, 0.25) is 0 Å². The maximum Gasteiger partial charge on any atom is 0.261 e. The third-order valence-corrected chi connectivity index (χ3v) is 6.53. The van der Waals surface area contributed by atoms with Crippen LogP contribution in [-0.2, 0) is 11.2 Å². The number of morpholine rings is 1. The molecule has 1 N–H and O–H groups in total. The van der Waals surface area contributed by atoms with Crippen molar-refractivity contribution >= 4 is 33.6 Å². The lowest BCUT2D eigenvalue weighted by atomic mass is 10.1. The number of carbonyl (C=O) groups excluding carboxylic acids is 1. The number of hydrogen-bond acceptors (Lipinski definition) is 5. The average molecular weight is 399 g/mol. The van der Waals surface area contributed by atoms with Crippen molar-refractivity contribution in [3.63, 3.8) is 0 Å². The van der Waals surface area contributed by atoms with Crippen LogP contribution in [0.15, 0.2) is 53.2 Å². The number of nitrogens with one attached hydrogen (secondary N) is 1. The van der Waals surface area contributed by atoms with Gasteiger partial charge in [0.2, 0.25) is 0 Å². The van der Waals surface area contributed by atoms with Crippen molar-refractivity contribution in [3.05, 3.63) is 63.7 Å². The van der Waals surface area contributed by atoms with Gasteiger partial charge in [0.1, 0.15) is 0 Å². The van der Waals surface area contributed by atoms with E-state index in [4.69, 9.17) is 4.74 Å². The second-order valence-electron chi connectivity index (χ2n) is 6.43. The summed E-state index contributed by atoms with van der Waals surface area (Å²) in [4.78, 5) is 15.8. The van der Waals surface area contributed by atoms with Crippen molar-refractivity contribution in [2.24, 2.45) is 0 Å². The van der Waals surface area contributed by atoms with Crippen LogP contribution >= 0.6 is 22.7 Å². The van der Waals surface area contributed by atoms with E-state index >= 15 is 0 Å². The number of anilines is 1.